The molecule has 0 atom stereocenters. The molecule has 0 aliphatic heterocycles. The van der Waals surface area contributed by atoms with Gasteiger partial charge >= 0.3 is 5.69 Å². The van der Waals surface area contributed by atoms with Crippen LogP contribution in [0.3, 0.4) is 0 Å². The summed E-state index contributed by atoms with van der Waals surface area (Å²) in [6.45, 7) is 2.53. The lowest BCUT2D eigenvalue weighted by molar-refractivity contribution is -0.388. The van der Waals surface area contributed by atoms with Gasteiger partial charge in [0.15, 0.2) is 9.37 Å². The lowest BCUT2D eigenvalue weighted by Crippen LogP contribution is -2.04. The molecule has 2 aromatic rings. The van der Waals surface area contributed by atoms with E-state index in [9.17, 15) is 10.1 Å². The predicted octanol–water partition coefficient (Wildman–Crippen LogP) is 1.82. The molecule has 0 saturated heterocycles. The number of hydrogen-bond donors (Lipinski definition) is 1. The lowest BCUT2D eigenvalue weighted by atomic mass is 10.5. The van der Waals surface area contributed by atoms with Crippen LogP contribution in [0.15, 0.2) is 21.9 Å². The first kappa shape index (κ1) is 12.6. The fraction of sp³-hybridized carbons (Fsp3) is 0.250. The number of nitrogens with one attached hydrogen (secondary N) is 1. The molecule has 0 spiro atoms. The number of nitro groups is 1. The molecule has 0 aliphatic rings. The minimum Gasteiger partial charge on any atom is -0.354 e. The second-order valence-electron chi connectivity index (χ2n) is 2.98. The maximum atomic E-state index is 10.9. The van der Waals surface area contributed by atoms with Gasteiger partial charge in [0.25, 0.3) is 0 Å². The van der Waals surface area contributed by atoms with Crippen LogP contribution < -0.4 is 5.32 Å². The van der Waals surface area contributed by atoms with E-state index in [2.05, 4.69) is 24.6 Å². The van der Waals surface area contributed by atoms with Crippen LogP contribution >= 0.6 is 23.3 Å². The van der Waals surface area contributed by atoms with Crippen molar-refractivity contribution in [3.05, 3.63) is 22.6 Å². The van der Waals surface area contributed by atoms with E-state index in [1.807, 2.05) is 6.92 Å². The first-order valence-corrected chi connectivity index (χ1v) is 6.49. The highest BCUT2D eigenvalue weighted by Crippen LogP contribution is 2.33. The highest BCUT2D eigenvalue weighted by molar-refractivity contribution is 8.01. The molecule has 0 bridgehead atoms. The van der Waals surface area contributed by atoms with Crippen molar-refractivity contribution >= 4 is 34.9 Å². The first-order chi connectivity index (χ1) is 8.70. The average Bonchev–Trinajstić information content (AvgIpc) is 2.82. The van der Waals surface area contributed by atoms with E-state index < -0.39 is 4.92 Å². The van der Waals surface area contributed by atoms with Crippen molar-refractivity contribution in [1.29, 1.82) is 0 Å². The Kier molecular flexibility index (Phi) is 3.99. The minimum absolute atomic E-state index is 0.142. The van der Waals surface area contributed by atoms with Crippen LogP contribution in [-0.2, 0) is 0 Å². The first-order valence-electron chi connectivity index (χ1n) is 4.90. The van der Waals surface area contributed by atoms with Crippen LogP contribution in [0.5, 0.6) is 0 Å². The fourth-order valence-corrected chi connectivity index (χ4v) is 2.52. The zero-order valence-electron chi connectivity index (χ0n) is 9.23. The van der Waals surface area contributed by atoms with Gasteiger partial charge in [-0.05, 0) is 30.2 Å². The maximum absolute atomic E-state index is 10.9. The van der Waals surface area contributed by atoms with Crippen molar-refractivity contribution < 1.29 is 4.92 Å². The molecule has 0 unspecified atom stereocenters. The third-order valence-corrected chi connectivity index (χ3v) is 3.50. The van der Waals surface area contributed by atoms with E-state index in [-0.39, 0.29) is 10.7 Å². The summed E-state index contributed by atoms with van der Waals surface area (Å²) in [5.41, 5.74) is -0.142. The van der Waals surface area contributed by atoms with Crippen LogP contribution in [0, 0.1) is 10.1 Å². The molecule has 94 valence electrons. The second-order valence-corrected chi connectivity index (χ2v) is 5.00. The molecule has 18 heavy (non-hydrogen) atoms. The van der Waals surface area contributed by atoms with Crippen molar-refractivity contribution in [3.8, 4) is 0 Å². The number of anilines is 1. The largest absolute Gasteiger partial charge is 0.354 e. The summed E-state index contributed by atoms with van der Waals surface area (Å²) in [5, 5.41) is 14.0. The van der Waals surface area contributed by atoms with E-state index in [1.165, 1.54) is 12.5 Å². The molecule has 2 rings (SSSR count). The normalized spacial score (nSPS) is 10.3. The molecule has 1 N–H and O–H groups in total. The third kappa shape index (κ3) is 2.90. The topological polar surface area (TPSA) is 107 Å². The molecular weight excluding hydrogens is 276 g/mol. The van der Waals surface area contributed by atoms with E-state index in [4.69, 9.17) is 0 Å². The monoisotopic (exact) mass is 284 g/mol. The molecule has 0 aliphatic carbocycles. The van der Waals surface area contributed by atoms with Gasteiger partial charge in [0.2, 0.25) is 5.95 Å². The van der Waals surface area contributed by atoms with Crippen LogP contribution in [-0.4, -0.2) is 30.8 Å². The van der Waals surface area contributed by atoms with Gasteiger partial charge in [-0.2, -0.15) is 9.36 Å². The summed E-state index contributed by atoms with van der Waals surface area (Å²) < 4.78 is 4.43. The van der Waals surface area contributed by atoms with Crippen LogP contribution in [0.4, 0.5) is 11.6 Å². The van der Waals surface area contributed by atoms with Crippen molar-refractivity contribution in [1.82, 2.24) is 19.3 Å². The Balaban J connectivity index is 2.34. The van der Waals surface area contributed by atoms with E-state index in [0.29, 0.717) is 16.8 Å². The molecule has 0 aromatic carbocycles. The number of rotatable bonds is 5. The van der Waals surface area contributed by atoms with Crippen molar-refractivity contribution in [2.45, 2.75) is 16.3 Å². The predicted molar refractivity (Wildman–Crippen MR) is 66.9 cm³/mol. The summed E-state index contributed by atoms with van der Waals surface area (Å²) >= 11 is 2.26. The average molecular weight is 284 g/mol. The molecule has 0 amide bonds. The number of hydrogen-bond acceptors (Lipinski definition) is 9. The SMILES string of the molecule is CCNc1ncc([N+](=O)[O-])c(Sc2ncns2)n1. The molecule has 2 heterocycles. The van der Waals surface area contributed by atoms with Gasteiger partial charge in [0.1, 0.15) is 12.5 Å². The van der Waals surface area contributed by atoms with Crippen LogP contribution in [0.2, 0.25) is 0 Å². The summed E-state index contributed by atoms with van der Waals surface area (Å²) in [6, 6.07) is 0. The number of nitrogens with zero attached hydrogens (tertiary/aromatic N) is 5. The Morgan fingerprint density at radius 3 is 3.00 bits per heavy atom. The molecule has 10 heteroatoms. The van der Waals surface area contributed by atoms with Gasteiger partial charge in [-0.25, -0.2) is 9.97 Å². The molecule has 0 saturated carbocycles. The second kappa shape index (κ2) is 5.69. The molecular formula is C8H8N6O2S2. The summed E-state index contributed by atoms with van der Waals surface area (Å²) in [7, 11) is 0. The van der Waals surface area contributed by atoms with Gasteiger partial charge in [0.05, 0.1) is 4.92 Å². The van der Waals surface area contributed by atoms with Crippen LogP contribution in [0.1, 0.15) is 6.92 Å². The number of aromatic nitrogens is 4. The summed E-state index contributed by atoms with van der Waals surface area (Å²) in [5.74, 6) is 0.357. The van der Waals surface area contributed by atoms with Crippen molar-refractivity contribution in [2.24, 2.45) is 0 Å². The molecule has 2 aromatic heterocycles. The van der Waals surface area contributed by atoms with Crippen LogP contribution in [0.25, 0.3) is 0 Å². The van der Waals surface area contributed by atoms with Gasteiger partial charge in [-0.3, -0.25) is 10.1 Å². The van der Waals surface area contributed by atoms with E-state index >= 15 is 0 Å². The van der Waals surface area contributed by atoms with Crippen molar-refractivity contribution in [2.75, 3.05) is 11.9 Å². The Labute approximate surface area is 110 Å². The Morgan fingerprint density at radius 1 is 1.56 bits per heavy atom. The van der Waals surface area contributed by atoms with E-state index in [0.717, 1.165) is 23.3 Å². The third-order valence-electron chi connectivity index (χ3n) is 1.79. The fourth-order valence-electron chi connectivity index (χ4n) is 1.09. The zero-order valence-corrected chi connectivity index (χ0v) is 10.9. The van der Waals surface area contributed by atoms with E-state index in [1.54, 1.807) is 0 Å². The van der Waals surface area contributed by atoms with Gasteiger partial charge in [-0.15, -0.1) is 0 Å². The highest BCUT2D eigenvalue weighted by atomic mass is 32.2. The highest BCUT2D eigenvalue weighted by Gasteiger charge is 2.19. The Morgan fingerprint density at radius 2 is 2.39 bits per heavy atom. The smallest absolute Gasteiger partial charge is 0.320 e. The summed E-state index contributed by atoms with van der Waals surface area (Å²) in [6.07, 6.45) is 2.58. The Bertz CT molecular complexity index is 547. The van der Waals surface area contributed by atoms with Gasteiger partial charge < -0.3 is 5.32 Å². The standard InChI is InChI=1S/C8H8N6O2S2/c1-2-9-7-10-3-5(14(15)16)6(13-7)17-8-11-4-12-18-8/h3-4H,2H2,1H3,(H,9,10,13). The Hall–Kier alpha value is -1.81. The minimum atomic E-state index is -0.515. The van der Waals surface area contributed by atoms with Gasteiger partial charge in [0, 0.05) is 6.54 Å². The maximum Gasteiger partial charge on any atom is 0.320 e. The molecule has 0 radical (unpaired) electrons. The molecule has 8 nitrogen and oxygen atoms in total. The lowest BCUT2D eigenvalue weighted by Gasteiger charge is -2.03. The quantitative estimate of drug-likeness (QED) is 0.503. The summed E-state index contributed by atoms with van der Waals surface area (Å²) in [4.78, 5) is 22.3. The van der Waals surface area contributed by atoms with Gasteiger partial charge in [-0.1, -0.05) is 0 Å². The van der Waals surface area contributed by atoms with Crippen molar-refractivity contribution in [3.63, 3.8) is 0 Å². The molecule has 0 fully saturated rings. The zero-order chi connectivity index (χ0) is 13.0.